The molecule has 5 heteroatoms. The standard InChI is InChI=1S/C10H14ClN3O/c1-12-9-5-4-7(11)6-8(9)10(15)13-14(2)3/h4-6,12H,1-3H3,(H,13,15). The van der Waals surface area contributed by atoms with Crippen molar-refractivity contribution in [2.75, 3.05) is 26.5 Å². The molecular weight excluding hydrogens is 214 g/mol. The number of nitrogens with zero attached hydrogens (tertiary/aromatic N) is 1. The molecule has 0 heterocycles. The van der Waals surface area contributed by atoms with Gasteiger partial charge in [-0.2, -0.15) is 0 Å². The van der Waals surface area contributed by atoms with Crippen LogP contribution in [0.5, 0.6) is 0 Å². The highest BCUT2D eigenvalue weighted by Crippen LogP contribution is 2.20. The number of anilines is 1. The van der Waals surface area contributed by atoms with Crippen molar-refractivity contribution in [3.05, 3.63) is 28.8 Å². The number of carbonyl (C=O) groups excluding carboxylic acids is 1. The van der Waals surface area contributed by atoms with Crippen LogP contribution in [-0.4, -0.2) is 32.1 Å². The Balaban J connectivity index is 3.00. The van der Waals surface area contributed by atoms with E-state index in [9.17, 15) is 4.79 Å². The van der Waals surface area contributed by atoms with Crippen LogP contribution in [0.3, 0.4) is 0 Å². The highest BCUT2D eigenvalue weighted by molar-refractivity contribution is 6.31. The molecule has 1 aromatic carbocycles. The van der Waals surface area contributed by atoms with Crippen LogP contribution in [0.25, 0.3) is 0 Å². The minimum Gasteiger partial charge on any atom is -0.387 e. The number of carbonyl (C=O) groups is 1. The summed E-state index contributed by atoms with van der Waals surface area (Å²) >= 11 is 5.83. The van der Waals surface area contributed by atoms with Gasteiger partial charge < -0.3 is 5.32 Å². The molecule has 15 heavy (non-hydrogen) atoms. The molecule has 0 spiro atoms. The SMILES string of the molecule is CNc1ccc(Cl)cc1C(=O)NN(C)C. The molecule has 0 bridgehead atoms. The van der Waals surface area contributed by atoms with Crippen molar-refractivity contribution in [3.63, 3.8) is 0 Å². The van der Waals surface area contributed by atoms with Crippen LogP contribution in [0.2, 0.25) is 5.02 Å². The van der Waals surface area contributed by atoms with E-state index in [-0.39, 0.29) is 5.91 Å². The molecule has 0 unspecified atom stereocenters. The number of hydrogen-bond acceptors (Lipinski definition) is 3. The number of amides is 1. The molecule has 0 aromatic heterocycles. The predicted octanol–water partition coefficient (Wildman–Crippen LogP) is 1.59. The summed E-state index contributed by atoms with van der Waals surface area (Å²) in [6, 6.07) is 5.14. The van der Waals surface area contributed by atoms with Crippen molar-refractivity contribution in [3.8, 4) is 0 Å². The van der Waals surface area contributed by atoms with Gasteiger partial charge in [0.25, 0.3) is 5.91 Å². The van der Waals surface area contributed by atoms with Crippen LogP contribution in [0, 0.1) is 0 Å². The Morgan fingerprint density at radius 2 is 2.07 bits per heavy atom. The lowest BCUT2D eigenvalue weighted by molar-refractivity contribution is 0.0858. The van der Waals surface area contributed by atoms with Crippen LogP contribution in [0.1, 0.15) is 10.4 Å². The first-order valence-corrected chi connectivity index (χ1v) is 4.88. The second-order valence-electron chi connectivity index (χ2n) is 3.28. The molecular formula is C10H14ClN3O. The van der Waals surface area contributed by atoms with Crippen molar-refractivity contribution in [2.45, 2.75) is 0 Å². The molecule has 4 nitrogen and oxygen atoms in total. The fraction of sp³-hybridized carbons (Fsp3) is 0.300. The summed E-state index contributed by atoms with van der Waals surface area (Å²) in [6.07, 6.45) is 0. The average Bonchev–Trinajstić information content (AvgIpc) is 2.16. The molecule has 0 atom stereocenters. The van der Waals surface area contributed by atoms with Crippen LogP contribution in [0.15, 0.2) is 18.2 Å². The Morgan fingerprint density at radius 3 is 2.60 bits per heavy atom. The van der Waals surface area contributed by atoms with E-state index in [2.05, 4.69) is 10.7 Å². The zero-order chi connectivity index (χ0) is 11.4. The van der Waals surface area contributed by atoms with Crippen molar-refractivity contribution < 1.29 is 4.79 Å². The Kier molecular flexibility index (Phi) is 3.94. The highest BCUT2D eigenvalue weighted by Gasteiger charge is 2.11. The first kappa shape index (κ1) is 11.8. The fourth-order valence-electron chi connectivity index (χ4n) is 1.19. The lowest BCUT2D eigenvalue weighted by Crippen LogP contribution is -2.36. The number of nitrogens with one attached hydrogen (secondary N) is 2. The first-order valence-electron chi connectivity index (χ1n) is 4.50. The van der Waals surface area contributed by atoms with Gasteiger partial charge in [-0.1, -0.05) is 11.6 Å². The topological polar surface area (TPSA) is 44.4 Å². The summed E-state index contributed by atoms with van der Waals surface area (Å²) < 4.78 is 0. The Bertz CT molecular complexity index is 366. The van der Waals surface area contributed by atoms with E-state index in [1.54, 1.807) is 44.4 Å². The maximum absolute atomic E-state index is 11.7. The van der Waals surface area contributed by atoms with Crippen molar-refractivity contribution in [2.24, 2.45) is 0 Å². The molecule has 0 aliphatic rings. The molecule has 1 rings (SSSR count). The van der Waals surface area contributed by atoms with Gasteiger partial charge in [0.15, 0.2) is 0 Å². The highest BCUT2D eigenvalue weighted by atomic mass is 35.5. The maximum Gasteiger partial charge on any atom is 0.267 e. The van der Waals surface area contributed by atoms with Gasteiger partial charge in [-0.3, -0.25) is 10.2 Å². The van der Waals surface area contributed by atoms with Crippen molar-refractivity contribution >= 4 is 23.2 Å². The summed E-state index contributed by atoms with van der Waals surface area (Å²) in [4.78, 5) is 11.7. The van der Waals surface area contributed by atoms with Gasteiger partial charge in [0, 0.05) is 31.9 Å². The van der Waals surface area contributed by atoms with E-state index >= 15 is 0 Å². The molecule has 0 aliphatic heterocycles. The van der Waals surface area contributed by atoms with E-state index in [0.29, 0.717) is 10.6 Å². The quantitative estimate of drug-likeness (QED) is 0.771. The minimum absolute atomic E-state index is 0.188. The van der Waals surface area contributed by atoms with Gasteiger partial charge >= 0.3 is 0 Å². The monoisotopic (exact) mass is 227 g/mol. The number of halogens is 1. The Morgan fingerprint density at radius 1 is 1.40 bits per heavy atom. The van der Waals surface area contributed by atoms with E-state index in [1.165, 1.54) is 0 Å². The smallest absolute Gasteiger partial charge is 0.267 e. The third-order valence-electron chi connectivity index (χ3n) is 1.82. The van der Waals surface area contributed by atoms with Gasteiger partial charge in [0.2, 0.25) is 0 Å². The number of rotatable bonds is 3. The van der Waals surface area contributed by atoms with Gasteiger partial charge in [-0.05, 0) is 18.2 Å². The van der Waals surface area contributed by atoms with Crippen LogP contribution in [0.4, 0.5) is 5.69 Å². The molecule has 0 saturated heterocycles. The molecule has 1 aromatic rings. The van der Waals surface area contributed by atoms with Gasteiger partial charge in [-0.25, -0.2) is 5.01 Å². The van der Waals surface area contributed by atoms with Crippen LogP contribution in [-0.2, 0) is 0 Å². The zero-order valence-electron chi connectivity index (χ0n) is 8.97. The van der Waals surface area contributed by atoms with E-state index in [0.717, 1.165) is 5.69 Å². The maximum atomic E-state index is 11.7. The van der Waals surface area contributed by atoms with E-state index in [4.69, 9.17) is 11.6 Å². The third kappa shape index (κ3) is 3.11. The Labute approximate surface area is 94.2 Å². The number of benzene rings is 1. The van der Waals surface area contributed by atoms with Crippen LogP contribution < -0.4 is 10.7 Å². The molecule has 0 saturated carbocycles. The second kappa shape index (κ2) is 5.00. The van der Waals surface area contributed by atoms with Crippen LogP contribution >= 0.6 is 11.6 Å². The minimum atomic E-state index is -0.188. The second-order valence-corrected chi connectivity index (χ2v) is 3.71. The molecule has 0 fully saturated rings. The molecule has 0 radical (unpaired) electrons. The molecule has 0 aliphatic carbocycles. The zero-order valence-corrected chi connectivity index (χ0v) is 9.72. The summed E-state index contributed by atoms with van der Waals surface area (Å²) in [5.74, 6) is -0.188. The summed E-state index contributed by atoms with van der Waals surface area (Å²) in [7, 11) is 5.26. The third-order valence-corrected chi connectivity index (χ3v) is 2.06. The van der Waals surface area contributed by atoms with Gasteiger partial charge in [-0.15, -0.1) is 0 Å². The predicted molar refractivity (Wildman–Crippen MR) is 62.2 cm³/mol. The first-order chi connectivity index (χ1) is 7.04. The summed E-state index contributed by atoms with van der Waals surface area (Å²) in [6.45, 7) is 0. The lowest BCUT2D eigenvalue weighted by Gasteiger charge is -2.14. The molecule has 2 N–H and O–H groups in total. The van der Waals surface area contributed by atoms with Gasteiger partial charge in [0.1, 0.15) is 0 Å². The summed E-state index contributed by atoms with van der Waals surface area (Å²) in [5, 5.41) is 5.06. The number of hydrogen-bond donors (Lipinski definition) is 2. The van der Waals surface area contributed by atoms with Crippen molar-refractivity contribution in [1.82, 2.24) is 10.4 Å². The van der Waals surface area contributed by atoms with Crippen molar-refractivity contribution in [1.29, 1.82) is 0 Å². The fourth-order valence-corrected chi connectivity index (χ4v) is 1.36. The van der Waals surface area contributed by atoms with E-state index < -0.39 is 0 Å². The van der Waals surface area contributed by atoms with Gasteiger partial charge in [0.05, 0.1) is 5.56 Å². The largest absolute Gasteiger partial charge is 0.387 e. The summed E-state index contributed by atoms with van der Waals surface area (Å²) in [5.41, 5.74) is 3.93. The molecule has 82 valence electrons. The average molecular weight is 228 g/mol. The lowest BCUT2D eigenvalue weighted by atomic mass is 10.1. The number of hydrazine groups is 1. The normalized spacial score (nSPS) is 10.2. The van der Waals surface area contributed by atoms with E-state index in [1.807, 2.05) is 0 Å². The Hall–Kier alpha value is -1.26. The molecule has 1 amide bonds.